The number of carbonyl (C=O) groups is 1. The Labute approximate surface area is 239 Å². The van der Waals surface area contributed by atoms with E-state index in [1.807, 2.05) is 0 Å². The van der Waals surface area contributed by atoms with Gasteiger partial charge in [-0.3, -0.25) is 9.10 Å². The highest BCUT2D eigenvalue weighted by atomic mass is 79.9. The van der Waals surface area contributed by atoms with Crippen molar-refractivity contribution >= 4 is 67.0 Å². The van der Waals surface area contributed by atoms with Crippen LogP contribution < -0.4 is 23.9 Å². The summed E-state index contributed by atoms with van der Waals surface area (Å²) in [6.07, 6.45) is 2.40. The molecule has 3 aromatic rings. The maximum Gasteiger partial charge on any atom is 0.260 e. The van der Waals surface area contributed by atoms with E-state index in [0.717, 1.165) is 16.1 Å². The average Bonchev–Trinajstić information content (AvgIpc) is 2.86. The van der Waals surface area contributed by atoms with Crippen LogP contribution in [-0.2, 0) is 21.4 Å². The first-order chi connectivity index (χ1) is 18.0. The molecule has 0 spiro atoms. The van der Waals surface area contributed by atoms with Crippen LogP contribution in [-0.4, -0.2) is 47.6 Å². The van der Waals surface area contributed by atoms with Crippen LogP contribution >= 0.6 is 39.1 Å². The third kappa shape index (κ3) is 8.00. The number of carbonyl (C=O) groups excluding carboxylic acids is 1. The van der Waals surface area contributed by atoms with Gasteiger partial charge in [-0.15, -0.1) is 0 Å². The summed E-state index contributed by atoms with van der Waals surface area (Å²) in [5, 5.41) is 4.95. The minimum atomic E-state index is -3.75. The summed E-state index contributed by atoms with van der Waals surface area (Å²) in [6.45, 7) is -0.297. The van der Waals surface area contributed by atoms with Gasteiger partial charge in [0.15, 0.2) is 11.5 Å². The number of methoxy groups -OCH3 is 2. The Morgan fingerprint density at radius 1 is 1.11 bits per heavy atom. The van der Waals surface area contributed by atoms with Crippen molar-refractivity contribution in [1.29, 1.82) is 0 Å². The predicted octanol–water partition coefficient (Wildman–Crippen LogP) is 5.27. The van der Waals surface area contributed by atoms with Gasteiger partial charge in [-0.1, -0.05) is 35.3 Å². The summed E-state index contributed by atoms with van der Waals surface area (Å²) in [4.78, 5) is 12.5. The van der Waals surface area contributed by atoms with Crippen LogP contribution in [0.25, 0.3) is 0 Å². The molecule has 38 heavy (non-hydrogen) atoms. The van der Waals surface area contributed by atoms with E-state index in [1.54, 1.807) is 48.5 Å². The second kappa shape index (κ2) is 13.2. The summed E-state index contributed by atoms with van der Waals surface area (Å²) in [6, 6.07) is 14.9. The van der Waals surface area contributed by atoms with E-state index in [2.05, 4.69) is 26.5 Å². The molecule has 0 aliphatic carbocycles. The maximum atomic E-state index is 12.5. The van der Waals surface area contributed by atoms with Crippen molar-refractivity contribution in [2.24, 2.45) is 5.10 Å². The van der Waals surface area contributed by atoms with Crippen LogP contribution in [0.1, 0.15) is 11.1 Å². The molecule has 9 nitrogen and oxygen atoms in total. The van der Waals surface area contributed by atoms with Crippen LogP contribution in [0.5, 0.6) is 17.2 Å². The smallest absolute Gasteiger partial charge is 0.260 e. The molecule has 202 valence electrons. The van der Waals surface area contributed by atoms with E-state index in [9.17, 15) is 13.2 Å². The predicted molar refractivity (Wildman–Crippen MR) is 152 cm³/mol. The molecule has 0 radical (unpaired) electrons. The molecule has 0 saturated heterocycles. The first kappa shape index (κ1) is 29.6. The normalized spacial score (nSPS) is 11.3. The molecule has 0 aliphatic heterocycles. The fourth-order valence-electron chi connectivity index (χ4n) is 3.25. The SMILES string of the molecule is COc1cccc(N(CC(=O)N/N=C\c2cc(Br)c(OCc3ccc(Cl)cc3Cl)c(OC)c2)S(C)(=O)=O)c1. The van der Waals surface area contributed by atoms with Gasteiger partial charge in [-0.05, 0) is 57.9 Å². The zero-order valence-corrected chi connectivity index (χ0v) is 24.5. The number of hydrogen-bond acceptors (Lipinski definition) is 7. The third-order valence-corrected chi connectivity index (χ3v) is 7.39. The van der Waals surface area contributed by atoms with Gasteiger partial charge >= 0.3 is 0 Å². The molecule has 0 atom stereocenters. The second-order valence-electron chi connectivity index (χ2n) is 7.82. The number of benzene rings is 3. The van der Waals surface area contributed by atoms with Gasteiger partial charge < -0.3 is 14.2 Å². The zero-order chi connectivity index (χ0) is 27.9. The Hall–Kier alpha value is -2.99. The van der Waals surface area contributed by atoms with Crippen molar-refractivity contribution in [3.63, 3.8) is 0 Å². The van der Waals surface area contributed by atoms with Gasteiger partial charge in [0.1, 0.15) is 18.9 Å². The molecule has 0 fully saturated rings. The Morgan fingerprint density at radius 3 is 2.53 bits per heavy atom. The molecule has 0 saturated carbocycles. The first-order valence-electron chi connectivity index (χ1n) is 10.9. The molecule has 13 heteroatoms. The number of ether oxygens (including phenoxy) is 3. The molecule has 1 N–H and O–H groups in total. The highest BCUT2D eigenvalue weighted by Gasteiger charge is 2.21. The lowest BCUT2D eigenvalue weighted by Gasteiger charge is -2.21. The Morgan fingerprint density at radius 2 is 1.87 bits per heavy atom. The average molecular weight is 645 g/mol. The molecule has 0 unspecified atom stereocenters. The van der Waals surface area contributed by atoms with Crippen LogP contribution in [0.3, 0.4) is 0 Å². The third-order valence-electron chi connectivity index (χ3n) is 5.07. The number of sulfonamides is 1. The number of nitrogens with one attached hydrogen (secondary N) is 1. The molecule has 3 rings (SSSR count). The standard InChI is InChI=1S/C25H24BrCl2N3O6S/c1-35-20-6-4-5-19(12-20)31(38(3,33)34)14-24(32)30-29-13-16-9-21(26)25(23(10-16)36-2)37-15-17-7-8-18(27)11-22(17)28/h4-13H,14-15H2,1-3H3,(H,30,32)/b29-13-. The Bertz CT molecular complexity index is 1450. The molecule has 3 aromatic carbocycles. The lowest BCUT2D eigenvalue weighted by Crippen LogP contribution is -2.39. The molecule has 1 amide bonds. The minimum absolute atomic E-state index is 0.179. The van der Waals surface area contributed by atoms with Crippen molar-refractivity contribution in [3.05, 3.63) is 80.2 Å². The van der Waals surface area contributed by atoms with Crippen LogP contribution in [0.15, 0.2) is 64.2 Å². The topological polar surface area (TPSA) is 107 Å². The molecule has 0 heterocycles. The van der Waals surface area contributed by atoms with Gasteiger partial charge in [0.05, 0.1) is 36.9 Å². The van der Waals surface area contributed by atoms with E-state index in [4.69, 9.17) is 37.4 Å². The number of hydrazone groups is 1. The molecule has 0 bridgehead atoms. The van der Waals surface area contributed by atoms with E-state index in [0.29, 0.717) is 37.3 Å². The van der Waals surface area contributed by atoms with Crippen molar-refractivity contribution < 1.29 is 27.4 Å². The minimum Gasteiger partial charge on any atom is -0.497 e. The number of rotatable bonds is 11. The van der Waals surface area contributed by atoms with Crippen LogP contribution in [0.2, 0.25) is 10.0 Å². The molecular weight excluding hydrogens is 621 g/mol. The summed E-state index contributed by atoms with van der Waals surface area (Å²) >= 11 is 15.6. The van der Waals surface area contributed by atoms with E-state index >= 15 is 0 Å². The lowest BCUT2D eigenvalue weighted by atomic mass is 10.2. The number of anilines is 1. The maximum absolute atomic E-state index is 12.5. The summed E-state index contributed by atoms with van der Waals surface area (Å²) in [5.74, 6) is 0.679. The lowest BCUT2D eigenvalue weighted by molar-refractivity contribution is -0.119. The Kier molecular flexibility index (Phi) is 10.3. The highest BCUT2D eigenvalue weighted by molar-refractivity contribution is 9.10. The summed E-state index contributed by atoms with van der Waals surface area (Å²) in [5.41, 5.74) is 3.96. The Balaban J connectivity index is 1.69. The number of halogens is 3. The van der Waals surface area contributed by atoms with Gasteiger partial charge in [0, 0.05) is 21.7 Å². The molecule has 0 aliphatic rings. The van der Waals surface area contributed by atoms with Crippen LogP contribution in [0, 0.1) is 0 Å². The van der Waals surface area contributed by atoms with Crippen molar-refractivity contribution in [2.75, 3.05) is 31.3 Å². The number of nitrogens with zero attached hydrogens (tertiary/aromatic N) is 2. The first-order valence-corrected chi connectivity index (χ1v) is 14.3. The van der Waals surface area contributed by atoms with Gasteiger partial charge in [0.25, 0.3) is 5.91 Å². The molecule has 0 aromatic heterocycles. The van der Waals surface area contributed by atoms with E-state index in [1.165, 1.54) is 26.5 Å². The van der Waals surface area contributed by atoms with E-state index in [-0.39, 0.29) is 12.3 Å². The summed E-state index contributed by atoms with van der Waals surface area (Å²) in [7, 11) is -0.796. The highest BCUT2D eigenvalue weighted by Crippen LogP contribution is 2.37. The van der Waals surface area contributed by atoms with Gasteiger partial charge in [0.2, 0.25) is 10.0 Å². The summed E-state index contributed by atoms with van der Waals surface area (Å²) < 4.78 is 42.6. The zero-order valence-electron chi connectivity index (χ0n) is 20.6. The number of hydrogen-bond donors (Lipinski definition) is 1. The molecular formula is C25H24BrCl2N3O6S. The van der Waals surface area contributed by atoms with Crippen molar-refractivity contribution in [3.8, 4) is 17.2 Å². The quantitative estimate of drug-likeness (QED) is 0.225. The van der Waals surface area contributed by atoms with Gasteiger partial charge in [-0.25, -0.2) is 13.8 Å². The van der Waals surface area contributed by atoms with Crippen molar-refractivity contribution in [1.82, 2.24) is 5.43 Å². The monoisotopic (exact) mass is 643 g/mol. The second-order valence-corrected chi connectivity index (χ2v) is 11.4. The van der Waals surface area contributed by atoms with Gasteiger partial charge in [-0.2, -0.15) is 5.10 Å². The number of amides is 1. The van der Waals surface area contributed by atoms with E-state index < -0.39 is 22.5 Å². The largest absolute Gasteiger partial charge is 0.497 e. The fraction of sp³-hybridized carbons (Fsp3) is 0.200. The fourth-order valence-corrected chi connectivity index (χ4v) is 5.14. The van der Waals surface area contributed by atoms with Crippen molar-refractivity contribution in [2.45, 2.75) is 6.61 Å². The van der Waals surface area contributed by atoms with Crippen LogP contribution in [0.4, 0.5) is 5.69 Å².